The lowest BCUT2D eigenvalue weighted by atomic mass is 9.83. The lowest BCUT2D eigenvalue weighted by molar-refractivity contribution is 0.260. The molecule has 1 aromatic carbocycles. The number of carbonyl (C=O) groups excluding carboxylic acids is 1. The van der Waals surface area contributed by atoms with Gasteiger partial charge < -0.3 is 10.6 Å². The van der Waals surface area contributed by atoms with Crippen LogP contribution in [-0.4, -0.2) is 17.3 Å². The number of hydrogen-bond acceptors (Lipinski definition) is 4. The molecule has 2 aliphatic rings. The summed E-state index contributed by atoms with van der Waals surface area (Å²) in [6.45, 7) is 0.485. The molecule has 0 aliphatic heterocycles. The summed E-state index contributed by atoms with van der Waals surface area (Å²) in [6, 6.07) is 2.92. The predicted molar refractivity (Wildman–Crippen MR) is 102 cm³/mol. The van der Waals surface area contributed by atoms with Crippen molar-refractivity contribution >= 4 is 33.7 Å². The molecule has 2 N–H and O–H groups in total. The second-order valence-electron chi connectivity index (χ2n) is 6.58. The Morgan fingerprint density at radius 2 is 2.00 bits per heavy atom. The maximum Gasteiger partial charge on any atom is 0.353 e. The van der Waals surface area contributed by atoms with E-state index in [1.54, 1.807) is 7.05 Å². The van der Waals surface area contributed by atoms with Gasteiger partial charge in [-0.05, 0) is 67.5 Å². The molecule has 1 atom stereocenters. The Morgan fingerprint density at radius 3 is 2.73 bits per heavy atom. The number of urea groups is 1. The van der Waals surface area contributed by atoms with E-state index in [4.69, 9.17) is 0 Å². The Labute approximate surface area is 157 Å². The number of benzene rings is 1. The van der Waals surface area contributed by atoms with Crippen LogP contribution in [0.15, 0.2) is 20.7 Å². The molecule has 1 unspecified atom stereocenters. The lowest BCUT2D eigenvalue weighted by Crippen LogP contribution is -2.18. The van der Waals surface area contributed by atoms with Gasteiger partial charge in [0.2, 0.25) is 0 Å². The second kappa shape index (κ2) is 7.09. The summed E-state index contributed by atoms with van der Waals surface area (Å²) in [7, 11) is -0.695. The summed E-state index contributed by atoms with van der Waals surface area (Å²) >= 11 is 1.08. The number of fused-ring (bicyclic) bond motifs is 2. The highest BCUT2D eigenvalue weighted by molar-refractivity contribution is 7.78. The molecule has 138 valence electrons. The van der Waals surface area contributed by atoms with Crippen LogP contribution in [0, 0.1) is 5.82 Å². The number of hydrogen-bond donors (Lipinski definition) is 3. The van der Waals surface area contributed by atoms with Crippen molar-refractivity contribution < 1.29 is 13.4 Å². The van der Waals surface area contributed by atoms with E-state index in [1.165, 1.54) is 28.3 Å². The zero-order valence-corrected chi connectivity index (χ0v) is 16.1. The van der Waals surface area contributed by atoms with E-state index in [2.05, 4.69) is 21.1 Å². The molecular weight excluding hydrogens is 373 g/mol. The summed E-state index contributed by atoms with van der Waals surface area (Å²) < 4.78 is 30.1. The van der Waals surface area contributed by atoms with Crippen LogP contribution in [0.5, 0.6) is 0 Å². The van der Waals surface area contributed by atoms with Gasteiger partial charge in [0.25, 0.3) is 0 Å². The number of anilines is 1. The van der Waals surface area contributed by atoms with E-state index < -0.39 is 22.4 Å². The van der Waals surface area contributed by atoms with Crippen LogP contribution < -0.4 is 10.6 Å². The van der Waals surface area contributed by atoms with Gasteiger partial charge in [-0.25, -0.2) is 13.4 Å². The number of thiol groups is 1. The van der Waals surface area contributed by atoms with Crippen molar-refractivity contribution in [3.8, 4) is 0 Å². The van der Waals surface area contributed by atoms with Crippen molar-refractivity contribution in [2.75, 3.05) is 12.4 Å². The number of amides is 2. The molecule has 0 bridgehead atoms. The molecule has 2 amide bonds. The number of carbonyl (C=O) groups is 1. The number of nitrogens with one attached hydrogen (secondary N) is 2. The molecule has 0 fully saturated rings. The monoisotopic (exact) mass is 393 g/mol. The molecule has 26 heavy (non-hydrogen) atoms. The van der Waals surface area contributed by atoms with Crippen LogP contribution in [0.2, 0.25) is 0 Å². The molecule has 1 aromatic heterocycles. The number of halogens is 1. The minimum Gasteiger partial charge on any atom is -0.315 e. The average Bonchev–Trinajstić information content (AvgIpc) is 3.17. The summed E-state index contributed by atoms with van der Waals surface area (Å²) in [6.07, 6.45) is 5.03. The van der Waals surface area contributed by atoms with Gasteiger partial charge >= 0.3 is 6.03 Å². The number of aryl methyl sites for hydroxylation is 2. The average molecular weight is 394 g/mol. The quantitative estimate of drug-likeness (QED) is 0.697. The molecule has 2 aromatic rings. The largest absolute Gasteiger partial charge is 0.353 e. The maximum atomic E-state index is 14.0. The Bertz CT molecular complexity index is 977. The summed E-state index contributed by atoms with van der Waals surface area (Å²) in [5, 5.41) is 5.75. The predicted octanol–water partition coefficient (Wildman–Crippen LogP) is 3.45. The standard InChI is InChI=1S/C18H20FN3O2S2/c1-20-9-12-8-15(19)17(25-12)26(24)22-18(23)21-16-13-4-2-3-10(13)7-11-5-6-14(11)16/h7-8,20,26H,2-6,9H2,1H3,(H,21,23). The topological polar surface area (TPSA) is 70.6 Å². The number of thiophene rings is 1. The van der Waals surface area contributed by atoms with Gasteiger partial charge in [-0.3, -0.25) is 0 Å². The van der Waals surface area contributed by atoms with Crippen LogP contribution in [0.25, 0.3) is 0 Å². The number of rotatable bonds is 4. The van der Waals surface area contributed by atoms with Crippen molar-refractivity contribution in [2.24, 2.45) is 4.36 Å². The normalized spacial score (nSPS) is 16.1. The molecule has 0 radical (unpaired) electrons. The van der Waals surface area contributed by atoms with Crippen molar-refractivity contribution in [1.82, 2.24) is 5.32 Å². The van der Waals surface area contributed by atoms with Crippen LogP contribution in [0.4, 0.5) is 14.9 Å². The first-order valence-corrected chi connectivity index (χ1v) is 10.7. The molecule has 0 saturated heterocycles. The fourth-order valence-electron chi connectivity index (χ4n) is 3.65. The van der Waals surface area contributed by atoms with E-state index in [9.17, 15) is 13.4 Å². The Hall–Kier alpha value is -1.77. The first-order valence-electron chi connectivity index (χ1n) is 8.66. The van der Waals surface area contributed by atoms with Crippen LogP contribution in [0.3, 0.4) is 0 Å². The Morgan fingerprint density at radius 1 is 1.23 bits per heavy atom. The van der Waals surface area contributed by atoms with E-state index >= 15 is 0 Å². The molecule has 0 spiro atoms. The molecule has 2 aliphatic carbocycles. The molecular formula is C18H20FN3O2S2. The molecule has 5 nitrogen and oxygen atoms in total. The van der Waals surface area contributed by atoms with Crippen molar-refractivity contribution in [3.63, 3.8) is 0 Å². The second-order valence-corrected chi connectivity index (χ2v) is 9.21. The Kier molecular flexibility index (Phi) is 4.81. The zero-order valence-electron chi connectivity index (χ0n) is 14.4. The van der Waals surface area contributed by atoms with E-state index in [1.807, 2.05) is 0 Å². The lowest BCUT2D eigenvalue weighted by Gasteiger charge is -2.25. The fraction of sp³-hybridized carbons (Fsp3) is 0.389. The van der Waals surface area contributed by atoms with Gasteiger partial charge in [0.15, 0.2) is 5.82 Å². The molecule has 4 rings (SSSR count). The SMILES string of the molecule is CNCc1cc(F)c(/[SH](=O)=N/C(=O)Nc2c3c(cc4c2CC4)CCC3)s1. The van der Waals surface area contributed by atoms with E-state index in [0.29, 0.717) is 6.54 Å². The third kappa shape index (κ3) is 3.17. The highest BCUT2D eigenvalue weighted by Gasteiger charge is 2.26. The first kappa shape index (κ1) is 17.6. The van der Waals surface area contributed by atoms with E-state index in [-0.39, 0.29) is 4.21 Å². The van der Waals surface area contributed by atoms with Gasteiger partial charge in [0.1, 0.15) is 4.21 Å². The van der Waals surface area contributed by atoms with Gasteiger partial charge in [0.05, 0.1) is 10.6 Å². The van der Waals surface area contributed by atoms with Crippen LogP contribution >= 0.6 is 11.3 Å². The van der Waals surface area contributed by atoms with Crippen molar-refractivity contribution in [1.29, 1.82) is 0 Å². The minimum absolute atomic E-state index is 0.0201. The third-order valence-corrected chi connectivity index (χ3v) is 7.48. The van der Waals surface area contributed by atoms with Gasteiger partial charge in [-0.1, -0.05) is 6.07 Å². The van der Waals surface area contributed by atoms with Gasteiger partial charge in [0, 0.05) is 17.1 Å². The first-order chi connectivity index (χ1) is 12.6. The Balaban J connectivity index is 1.58. The minimum atomic E-state index is -2.45. The molecule has 8 heteroatoms. The van der Waals surface area contributed by atoms with Crippen molar-refractivity contribution in [3.05, 3.63) is 45.1 Å². The van der Waals surface area contributed by atoms with E-state index in [0.717, 1.165) is 54.0 Å². The van der Waals surface area contributed by atoms with Gasteiger partial charge in [-0.2, -0.15) is 0 Å². The van der Waals surface area contributed by atoms with Crippen LogP contribution in [0.1, 0.15) is 33.6 Å². The summed E-state index contributed by atoms with van der Waals surface area (Å²) in [4.78, 5) is 13.1. The highest BCUT2D eigenvalue weighted by Crippen LogP contribution is 2.39. The number of nitrogens with zero attached hydrogens (tertiary/aromatic N) is 1. The zero-order chi connectivity index (χ0) is 18.3. The maximum absolute atomic E-state index is 14.0. The van der Waals surface area contributed by atoms with Crippen molar-refractivity contribution in [2.45, 2.75) is 42.9 Å². The van der Waals surface area contributed by atoms with Gasteiger partial charge in [-0.15, -0.1) is 15.7 Å². The highest BCUT2D eigenvalue weighted by atomic mass is 32.2. The molecule has 0 saturated carbocycles. The molecule has 1 heterocycles. The summed E-state index contributed by atoms with van der Waals surface area (Å²) in [5.74, 6) is -0.567. The smallest absolute Gasteiger partial charge is 0.315 e. The third-order valence-electron chi connectivity index (χ3n) is 4.90. The fourth-order valence-corrected chi connectivity index (χ4v) is 5.77. The van der Waals surface area contributed by atoms with Crippen LogP contribution in [-0.2, 0) is 42.8 Å². The summed E-state index contributed by atoms with van der Waals surface area (Å²) in [5.41, 5.74) is 5.78.